The van der Waals surface area contributed by atoms with Gasteiger partial charge in [0.05, 0.1) is 12.5 Å². The maximum atomic E-state index is 12.9. The number of carbonyl (C=O) groups excluding carboxylic acids is 1. The van der Waals surface area contributed by atoms with Crippen LogP contribution in [0.5, 0.6) is 5.75 Å². The van der Waals surface area contributed by atoms with E-state index in [1.807, 2.05) is 9.62 Å². The number of nitrogens with two attached hydrogens (primary N) is 1. The normalized spacial score (nSPS) is 16.0. The summed E-state index contributed by atoms with van der Waals surface area (Å²) in [6, 6.07) is 8.80. The van der Waals surface area contributed by atoms with Crippen molar-refractivity contribution < 1.29 is 48.9 Å². The molecule has 1 amide bonds. The number of ether oxygens (including phenoxy) is 1. The first-order valence-corrected chi connectivity index (χ1v) is 9.90. The minimum atomic E-state index is -4.17. The van der Waals surface area contributed by atoms with E-state index in [-0.39, 0.29) is 31.0 Å². The molecule has 0 unspecified atom stereocenters. The Balaban J connectivity index is 0.00000210. The molecule has 11 heteroatoms. The minimum absolute atomic E-state index is 0. The summed E-state index contributed by atoms with van der Waals surface area (Å²) in [6.07, 6.45) is 4.06. The fourth-order valence-corrected chi connectivity index (χ4v) is 3.79. The molecule has 0 radical (unpaired) electrons. The number of nitrogens with zero attached hydrogens (tertiary/aromatic N) is 3. The molecular formula is C17H22N5NaO4S. The summed E-state index contributed by atoms with van der Waals surface area (Å²) in [5, 5.41) is 5.04. The number of amides is 1. The van der Waals surface area contributed by atoms with E-state index in [1.54, 1.807) is 42.7 Å². The standard InChI is InChI=1S/C17H21N5O4S.Na.H/c1-26-14-5-2-4-13(12-14)17(15(23)21-27(18,24)25)6-10-22(11-7-17)16-19-8-3-9-20-16;;/h2-5,8-9,12H,6-7,10-11H2,1H3,(H,21,23)(H2,18,24,25);;/q;+1;-1. The summed E-state index contributed by atoms with van der Waals surface area (Å²) in [7, 11) is -2.64. The fourth-order valence-electron chi connectivity index (χ4n) is 3.34. The van der Waals surface area contributed by atoms with Crippen LogP contribution < -0.4 is 49.1 Å². The largest absolute Gasteiger partial charge is 1.00 e. The molecule has 1 aliphatic heterocycles. The minimum Gasteiger partial charge on any atom is -1.00 e. The van der Waals surface area contributed by atoms with E-state index in [2.05, 4.69) is 9.97 Å². The van der Waals surface area contributed by atoms with Crippen LogP contribution >= 0.6 is 0 Å². The van der Waals surface area contributed by atoms with Crippen LogP contribution in [0, 0.1) is 0 Å². The summed E-state index contributed by atoms with van der Waals surface area (Å²) in [5.74, 6) is 0.514. The Morgan fingerprint density at radius 2 is 1.89 bits per heavy atom. The molecule has 3 N–H and O–H groups in total. The predicted molar refractivity (Wildman–Crippen MR) is 101 cm³/mol. The van der Waals surface area contributed by atoms with Gasteiger partial charge in [-0.25, -0.2) is 19.8 Å². The number of piperidine rings is 1. The van der Waals surface area contributed by atoms with Gasteiger partial charge in [-0.2, -0.15) is 8.42 Å². The van der Waals surface area contributed by atoms with Crippen molar-refractivity contribution in [2.75, 3.05) is 25.1 Å². The number of methoxy groups -OCH3 is 1. The molecular weight excluding hydrogens is 393 g/mol. The maximum Gasteiger partial charge on any atom is 1.00 e. The van der Waals surface area contributed by atoms with E-state index in [4.69, 9.17) is 9.88 Å². The van der Waals surface area contributed by atoms with Crippen LogP contribution in [0.4, 0.5) is 5.95 Å². The second kappa shape index (κ2) is 9.19. The monoisotopic (exact) mass is 415 g/mol. The quantitative estimate of drug-likeness (QED) is 0.515. The maximum absolute atomic E-state index is 12.9. The van der Waals surface area contributed by atoms with Crippen molar-refractivity contribution >= 4 is 22.1 Å². The number of rotatable bonds is 5. The molecule has 0 aliphatic carbocycles. The molecule has 0 spiro atoms. The molecule has 3 rings (SSSR count). The van der Waals surface area contributed by atoms with E-state index in [0.29, 0.717) is 43.2 Å². The topological polar surface area (TPSA) is 128 Å². The van der Waals surface area contributed by atoms with Gasteiger partial charge < -0.3 is 11.1 Å². The molecule has 0 atom stereocenters. The molecule has 0 bridgehead atoms. The van der Waals surface area contributed by atoms with Crippen molar-refractivity contribution in [3.05, 3.63) is 48.3 Å². The Bertz CT molecular complexity index is 924. The van der Waals surface area contributed by atoms with Crippen molar-refractivity contribution in [3.8, 4) is 5.75 Å². The number of aromatic nitrogens is 2. The van der Waals surface area contributed by atoms with E-state index in [1.165, 1.54) is 7.11 Å². The van der Waals surface area contributed by atoms with E-state index in [9.17, 15) is 13.2 Å². The molecule has 0 saturated carbocycles. The van der Waals surface area contributed by atoms with Gasteiger partial charge in [-0.1, -0.05) is 12.1 Å². The van der Waals surface area contributed by atoms with Crippen LogP contribution in [0.15, 0.2) is 42.7 Å². The van der Waals surface area contributed by atoms with Crippen molar-refractivity contribution in [3.63, 3.8) is 0 Å². The molecule has 1 fully saturated rings. The molecule has 1 aliphatic rings. The number of hydrogen-bond acceptors (Lipinski definition) is 7. The smallest absolute Gasteiger partial charge is 1.00 e. The number of hydrogen-bond donors (Lipinski definition) is 2. The van der Waals surface area contributed by atoms with Crippen molar-refractivity contribution in [2.45, 2.75) is 18.3 Å². The number of anilines is 1. The summed E-state index contributed by atoms with van der Waals surface area (Å²) in [5.41, 5.74) is -0.372. The first-order chi connectivity index (χ1) is 12.8. The van der Waals surface area contributed by atoms with E-state index < -0.39 is 21.5 Å². The summed E-state index contributed by atoms with van der Waals surface area (Å²) >= 11 is 0. The van der Waals surface area contributed by atoms with Gasteiger partial charge in [-0.15, -0.1) is 0 Å². The molecule has 2 aromatic rings. The third kappa shape index (κ3) is 5.00. The van der Waals surface area contributed by atoms with Crippen molar-refractivity contribution in [2.24, 2.45) is 5.14 Å². The van der Waals surface area contributed by atoms with Crippen molar-refractivity contribution in [1.82, 2.24) is 14.7 Å². The second-order valence-electron chi connectivity index (χ2n) is 6.33. The average Bonchev–Trinajstić information content (AvgIpc) is 2.67. The number of carbonyl (C=O) groups is 1. The van der Waals surface area contributed by atoms with Gasteiger partial charge in [0.2, 0.25) is 11.9 Å². The van der Waals surface area contributed by atoms with E-state index >= 15 is 0 Å². The molecule has 1 aromatic carbocycles. The summed E-state index contributed by atoms with van der Waals surface area (Å²) < 4.78 is 30.1. The zero-order valence-corrected chi connectivity index (χ0v) is 18.6. The Hall–Kier alpha value is -1.72. The third-order valence-corrected chi connectivity index (χ3v) is 5.21. The van der Waals surface area contributed by atoms with Crippen LogP contribution in [0.1, 0.15) is 19.8 Å². The van der Waals surface area contributed by atoms with Crippen molar-refractivity contribution in [1.29, 1.82) is 0 Å². The SMILES string of the molecule is COc1cccc(C2(C(=O)NS(N)(=O)=O)CCN(c3ncccn3)CC2)c1.[H-].[Na+]. The summed E-state index contributed by atoms with van der Waals surface area (Å²) in [4.78, 5) is 23.3. The number of nitrogens with one attached hydrogen (secondary N) is 1. The first-order valence-electron chi connectivity index (χ1n) is 8.35. The van der Waals surface area contributed by atoms with Gasteiger partial charge in [-0.05, 0) is 36.6 Å². The molecule has 2 heterocycles. The van der Waals surface area contributed by atoms with Crippen LogP contribution in [0.2, 0.25) is 0 Å². The number of benzene rings is 1. The Morgan fingerprint density at radius 3 is 2.46 bits per heavy atom. The average molecular weight is 415 g/mol. The predicted octanol–water partition coefficient (Wildman–Crippen LogP) is -2.54. The molecule has 1 aromatic heterocycles. The zero-order chi connectivity index (χ0) is 19.5. The van der Waals surface area contributed by atoms with Gasteiger partial charge in [0.25, 0.3) is 10.2 Å². The summed E-state index contributed by atoms with van der Waals surface area (Å²) in [6.45, 7) is 0.971. The Kier molecular flexibility index (Phi) is 7.40. The van der Waals surface area contributed by atoms with Crippen LogP contribution in [-0.2, 0) is 20.4 Å². The fraction of sp³-hybridized carbons (Fsp3) is 0.353. The third-order valence-electron chi connectivity index (χ3n) is 4.74. The van der Waals surface area contributed by atoms with Gasteiger partial charge >= 0.3 is 29.6 Å². The van der Waals surface area contributed by atoms with Crippen LogP contribution in [-0.4, -0.2) is 44.5 Å². The van der Waals surface area contributed by atoms with Gasteiger partial charge in [-0.3, -0.25) is 4.79 Å². The van der Waals surface area contributed by atoms with Gasteiger partial charge in [0, 0.05) is 25.5 Å². The molecule has 9 nitrogen and oxygen atoms in total. The van der Waals surface area contributed by atoms with Crippen LogP contribution in [0.3, 0.4) is 0 Å². The molecule has 28 heavy (non-hydrogen) atoms. The zero-order valence-electron chi connectivity index (χ0n) is 16.8. The van der Waals surface area contributed by atoms with E-state index in [0.717, 1.165) is 0 Å². The Morgan fingerprint density at radius 1 is 1.25 bits per heavy atom. The van der Waals surface area contributed by atoms with Gasteiger partial charge in [0.1, 0.15) is 5.75 Å². The second-order valence-corrected chi connectivity index (χ2v) is 7.62. The Labute approximate surface area is 187 Å². The molecule has 1 saturated heterocycles. The van der Waals surface area contributed by atoms with Crippen LogP contribution in [0.25, 0.3) is 0 Å². The van der Waals surface area contributed by atoms with Gasteiger partial charge in [0.15, 0.2) is 0 Å². The molecule has 146 valence electrons. The first kappa shape index (κ1) is 22.6.